The summed E-state index contributed by atoms with van der Waals surface area (Å²) in [7, 11) is 1.57. The normalized spacial score (nSPS) is 8.77. The molecule has 13 heavy (non-hydrogen) atoms. The van der Waals surface area contributed by atoms with Crippen LogP contribution in [0.15, 0.2) is 11.4 Å². The number of amides is 1. The summed E-state index contributed by atoms with van der Waals surface area (Å²) in [6.07, 6.45) is 0. The van der Waals surface area contributed by atoms with Crippen molar-refractivity contribution in [2.45, 2.75) is 0 Å². The summed E-state index contributed by atoms with van der Waals surface area (Å²) in [5, 5.41) is 12.8. The highest BCUT2D eigenvalue weighted by Crippen LogP contribution is 2.15. The molecule has 1 heterocycles. The SMILES string of the molecule is CNC(=O)c1sccc1C#CCO. The molecule has 1 amide bonds. The molecule has 0 saturated heterocycles. The number of aliphatic hydroxyl groups is 1. The van der Waals surface area contributed by atoms with Crippen LogP contribution in [0.5, 0.6) is 0 Å². The third kappa shape index (κ3) is 2.31. The van der Waals surface area contributed by atoms with Gasteiger partial charge in [-0.25, -0.2) is 0 Å². The third-order valence-electron chi connectivity index (χ3n) is 1.40. The molecule has 0 aliphatic rings. The smallest absolute Gasteiger partial charge is 0.262 e. The monoisotopic (exact) mass is 195 g/mol. The summed E-state index contributed by atoms with van der Waals surface area (Å²) in [6, 6.07) is 1.76. The van der Waals surface area contributed by atoms with Gasteiger partial charge in [-0.3, -0.25) is 4.79 Å². The maximum atomic E-state index is 11.2. The molecule has 3 nitrogen and oxygen atoms in total. The van der Waals surface area contributed by atoms with Gasteiger partial charge in [0.1, 0.15) is 11.5 Å². The van der Waals surface area contributed by atoms with Crippen molar-refractivity contribution in [2.24, 2.45) is 0 Å². The number of aliphatic hydroxyl groups excluding tert-OH is 1. The van der Waals surface area contributed by atoms with Gasteiger partial charge in [0.25, 0.3) is 5.91 Å². The average molecular weight is 195 g/mol. The van der Waals surface area contributed by atoms with Crippen molar-refractivity contribution in [1.82, 2.24) is 5.32 Å². The summed E-state index contributed by atoms with van der Waals surface area (Å²) in [6.45, 7) is -0.191. The van der Waals surface area contributed by atoms with Crippen molar-refractivity contribution in [3.05, 3.63) is 21.9 Å². The number of nitrogens with one attached hydrogen (secondary N) is 1. The summed E-state index contributed by atoms with van der Waals surface area (Å²) < 4.78 is 0. The van der Waals surface area contributed by atoms with Gasteiger partial charge in [0.2, 0.25) is 0 Å². The van der Waals surface area contributed by atoms with Crippen LogP contribution in [0.25, 0.3) is 0 Å². The second-order valence-electron chi connectivity index (χ2n) is 2.20. The first-order valence-corrected chi connectivity index (χ1v) is 4.57. The van der Waals surface area contributed by atoms with Crippen LogP contribution in [-0.4, -0.2) is 24.7 Å². The number of hydrogen-bond donors (Lipinski definition) is 2. The molecule has 0 fully saturated rings. The Morgan fingerprint density at radius 1 is 1.77 bits per heavy atom. The predicted molar refractivity (Wildman–Crippen MR) is 51.7 cm³/mol. The zero-order valence-corrected chi connectivity index (χ0v) is 7.94. The van der Waals surface area contributed by atoms with Crippen molar-refractivity contribution in [2.75, 3.05) is 13.7 Å². The van der Waals surface area contributed by atoms with Gasteiger partial charge < -0.3 is 10.4 Å². The van der Waals surface area contributed by atoms with E-state index in [4.69, 9.17) is 5.11 Å². The van der Waals surface area contributed by atoms with Crippen LogP contribution in [0.3, 0.4) is 0 Å². The second-order valence-corrected chi connectivity index (χ2v) is 3.12. The lowest BCUT2D eigenvalue weighted by Crippen LogP contribution is -2.17. The van der Waals surface area contributed by atoms with Crippen LogP contribution >= 0.6 is 11.3 Å². The largest absolute Gasteiger partial charge is 0.384 e. The fourth-order valence-corrected chi connectivity index (χ4v) is 1.63. The minimum Gasteiger partial charge on any atom is -0.384 e. The highest BCUT2D eigenvalue weighted by molar-refractivity contribution is 7.12. The number of hydrogen-bond acceptors (Lipinski definition) is 3. The summed E-state index contributed by atoms with van der Waals surface area (Å²) in [5.41, 5.74) is 0.665. The van der Waals surface area contributed by atoms with Crippen molar-refractivity contribution in [3.63, 3.8) is 0 Å². The topological polar surface area (TPSA) is 49.3 Å². The molecule has 0 unspecified atom stereocenters. The Morgan fingerprint density at radius 3 is 3.15 bits per heavy atom. The molecule has 1 aromatic heterocycles. The zero-order chi connectivity index (χ0) is 9.68. The van der Waals surface area contributed by atoms with E-state index >= 15 is 0 Å². The first-order chi connectivity index (χ1) is 6.29. The van der Waals surface area contributed by atoms with E-state index in [-0.39, 0.29) is 12.5 Å². The third-order valence-corrected chi connectivity index (χ3v) is 2.31. The molecule has 0 aromatic carbocycles. The first-order valence-electron chi connectivity index (χ1n) is 3.69. The molecule has 68 valence electrons. The lowest BCUT2D eigenvalue weighted by atomic mass is 10.2. The Hall–Kier alpha value is -1.31. The van der Waals surface area contributed by atoms with Crippen LogP contribution in [0, 0.1) is 11.8 Å². The van der Waals surface area contributed by atoms with E-state index in [0.717, 1.165) is 0 Å². The minimum absolute atomic E-state index is 0.141. The molecule has 0 aliphatic carbocycles. The molecule has 0 radical (unpaired) electrons. The number of carbonyl (C=O) groups excluding carboxylic acids is 1. The molecule has 0 saturated carbocycles. The van der Waals surface area contributed by atoms with Gasteiger partial charge in [-0.1, -0.05) is 11.8 Å². The maximum absolute atomic E-state index is 11.2. The van der Waals surface area contributed by atoms with Gasteiger partial charge in [0.05, 0.1) is 0 Å². The Kier molecular flexibility index (Phi) is 3.50. The molecule has 4 heteroatoms. The highest BCUT2D eigenvalue weighted by atomic mass is 32.1. The molecule has 0 atom stereocenters. The van der Waals surface area contributed by atoms with E-state index < -0.39 is 0 Å². The molecular weight excluding hydrogens is 186 g/mol. The lowest BCUT2D eigenvalue weighted by molar-refractivity contribution is 0.0967. The van der Waals surface area contributed by atoms with Crippen molar-refractivity contribution >= 4 is 17.2 Å². The molecule has 0 aliphatic heterocycles. The van der Waals surface area contributed by atoms with Gasteiger partial charge in [-0.05, 0) is 11.4 Å². The Labute approximate surface area is 80.4 Å². The van der Waals surface area contributed by atoms with Gasteiger partial charge in [-0.2, -0.15) is 0 Å². The maximum Gasteiger partial charge on any atom is 0.262 e. The van der Waals surface area contributed by atoms with E-state index in [0.29, 0.717) is 10.4 Å². The van der Waals surface area contributed by atoms with E-state index in [1.54, 1.807) is 18.5 Å². The van der Waals surface area contributed by atoms with Crippen molar-refractivity contribution in [3.8, 4) is 11.8 Å². The Balaban J connectivity index is 2.96. The second kappa shape index (κ2) is 4.65. The fraction of sp³-hybridized carbons (Fsp3) is 0.222. The fourth-order valence-electron chi connectivity index (χ4n) is 0.832. The lowest BCUT2D eigenvalue weighted by Gasteiger charge is -1.94. The number of thiophene rings is 1. The number of rotatable bonds is 1. The van der Waals surface area contributed by atoms with Crippen LogP contribution < -0.4 is 5.32 Å². The van der Waals surface area contributed by atoms with Crippen molar-refractivity contribution < 1.29 is 9.90 Å². The molecule has 0 bridgehead atoms. The standard InChI is InChI=1S/C9H9NO2S/c1-10-9(12)8-7(3-2-5-11)4-6-13-8/h4,6,11H,5H2,1H3,(H,10,12). The van der Waals surface area contributed by atoms with E-state index in [2.05, 4.69) is 17.2 Å². The van der Waals surface area contributed by atoms with E-state index in [1.165, 1.54) is 11.3 Å². The molecule has 1 rings (SSSR count). The van der Waals surface area contributed by atoms with Crippen LogP contribution in [0.1, 0.15) is 15.2 Å². The summed E-state index contributed by atoms with van der Waals surface area (Å²) in [4.78, 5) is 11.8. The summed E-state index contributed by atoms with van der Waals surface area (Å²) >= 11 is 1.34. The van der Waals surface area contributed by atoms with Crippen LogP contribution in [0.4, 0.5) is 0 Å². The van der Waals surface area contributed by atoms with Gasteiger partial charge >= 0.3 is 0 Å². The minimum atomic E-state index is -0.191. The Bertz CT molecular complexity index is 359. The van der Waals surface area contributed by atoms with E-state index in [9.17, 15) is 4.79 Å². The first kappa shape index (κ1) is 9.78. The average Bonchev–Trinajstić information content (AvgIpc) is 2.61. The van der Waals surface area contributed by atoms with Crippen LogP contribution in [0.2, 0.25) is 0 Å². The number of carbonyl (C=O) groups is 1. The summed E-state index contributed by atoms with van der Waals surface area (Å²) in [5.74, 6) is 5.07. The Morgan fingerprint density at radius 2 is 2.54 bits per heavy atom. The molecule has 0 spiro atoms. The molecular formula is C9H9NO2S. The van der Waals surface area contributed by atoms with Gasteiger partial charge in [0.15, 0.2) is 0 Å². The molecule has 2 N–H and O–H groups in total. The van der Waals surface area contributed by atoms with Gasteiger partial charge in [-0.15, -0.1) is 11.3 Å². The highest BCUT2D eigenvalue weighted by Gasteiger charge is 2.08. The quantitative estimate of drug-likeness (QED) is 0.639. The zero-order valence-electron chi connectivity index (χ0n) is 7.13. The van der Waals surface area contributed by atoms with Gasteiger partial charge in [0, 0.05) is 12.6 Å². The van der Waals surface area contributed by atoms with E-state index in [1.807, 2.05) is 0 Å². The van der Waals surface area contributed by atoms with Crippen LogP contribution in [-0.2, 0) is 0 Å². The predicted octanol–water partition coefficient (Wildman–Crippen LogP) is 0.452. The van der Waals surface area contributed by atoms with Crippen molar-refractivity contribution in [1.29, 1.82) is 0 Å². The molecule has 1 aromatic rings.